The van der Waals surface area contributed by atoms with Crippen LogP contribution in [0.4, 0.5) is 5.69 Å². The molecular formula is C16H24BrN. The van der Waals surface area contributed by atoms with E-state index >= 15 is 0 Å². The Balaban J connectivity index is 2.05. The maximum Gasteiger partial charge on any atom is 0.0348 e. The van der Waals surface area contributed by atoms with Crippen molar-refractivity contribution in [2.45, 2.75) is 58.9 Å². The van der Waals surface area contributed by atoms with E-state index in [-0.39, 0.29) is 0 Å². The highest BCUT2D eigenvalue weighted by Crippen LogP contribution is 2.28. The van der Waals surface area contributed by atoms with Gasteiger partial charge in [0.25, 0.3) is 0 Å². The van der Waals surface area contributed by atoms with Gasteiger partial charge in [-0.25, -0.2) is 0 Å². The van der Waals surface area contributed by atoms with Gasteiger partial charge in [0.15, 0.2) is 0 Å². The van der Waals surface area contributed by atoms with E-state index in [1.54, 1.807) is 0 Å². The van der Waals surface area contributed by atoms with Gasteiger partial charge in [-0.15, -0.1) is 0 Å². The highest BCUT2D eigenvalue weighted by molar-refractivity contribution is 9.10. The molecule has 0 heterocycles. The Kier molecular flexibility index (Phi) is 4.71. The number of hydrogen-bond donors (Lipinski definition) is 1. The van der Waals surface area contributed by atoms with Crippen LogP contribution in [0.2, 0.25) is 0 Å². The summed E-state index contributed by atoms with van der Waals surface area (Å²) in [6.07, 6.45) is 6.77. The van der Waals surface area contributed by atoms with Gasteiger partial charge in [0.1, 0.15) is 0 Å². The second-order valence-electron chi connectivity index (χ2n) is 5.88. The third-order valence-corrected chi connectivity index (χ3v) is 5.32. The number of aryl methyl sites for hydroxylation is 2. The molecule has 1 aromatic carbocycles. The number of nitrogens with one attached hydrogen (secondary N) is 1. The summed E-state index contributed by atoms with van der Waals surface area (Å²) < 4.78 is 1.24. The molecule has 2 heteroatoms. The Labute approximate surface area is 119 Å². The van der Waals surface area contributed by atoms with E-state index in [0.29, 0.717) is 6.04 Å². The molecule has 1 nitrogen and oxygen atoms in total. The molecule has 1 aliphatic carbocycles. The van der Waals surface area contributed by atoms with Crippen LogP contribution < -0.4 is 5.32 Å². The average Bonchev–Trinajstić information content (AvgIpc) is 2.51. The summed E-state index contributed by atoms with van der Waals surface area (Å²) in [5.74, 6) is 0.908. The van der Waals surface area contributed by atoms with Gasteiger partial charge in [0.05, 0.1) is 0 Å². The zero-order chi connectivity index (χ0) is 13.1. The van der Waals surface area contributed by atoms with Gasteiger partial charge in [0, 0.05) is 16.2 Å². The summed E-state index contributed by atoms with van der Waals surface area (Å²) in [5.41, 5.74) is 3.92. The normalized spacial score (nSPS) is 24.7. The monoisotopic (exact) mass is 309 g/mol. The molecule has 2 atom stereocenters. The number of halogens is 1. The molecular weight excluding hydrogens is 286 g/mol. The Bertz CT molecular complexity index is 391. The van der Waals surface area contributed by atoms with Gasteiger partial charge in [-0.3, -0.25) is 0 Å². The predicted molar refractivity (Wildman–Crippen MR) is 83.3 cm³/mol. The maximum absolute atomic E-state index is 3.73. The van der Waals surface area contributed by atoms with Crippen LogP contribution >= 0.6 is 15.9 Å². The van der Waals surface area contributed by atoms with Crippen LogP contribution in [0.3, 0.4) is 0 Å². The lowest BCUT2D eigenvalue weighted by molar-refractivity contribution is 0.502. The number of hydrogen-bond acceptors (Lipinski definition) is 1. The van der Waals surface area contributed by atoms with Crippen molar-refractivity contribution in [3.8, 4) is 0 Å². The van der Waals surface area contributed by atoms with E-state index in [1.807, 2.05) is 0 Å². The lowest BCUT2D eigenvalue weighted by Gasteiger charge is -2.19. The Morgan fingerprint density at radius 3 is 2.39 bits per heavy atom. The van der Waals surface area contributed by atoms with Crippen molar-refractivity contribution in [3.05, 3.63) is 27.7 Å². The van der Waals surface area contributed by atoms with Crippen molar-refractivity contribution in [2.75, 3.05) is 5.32 Å². The fourth-order valence-corrected chi connectivity index (χ4v) is 3.13. The third kappa shape index (κ3) is 3.50. The molecule has 0 saturated heterocycles. The van der Waals surface area contributed by atoms with Gasteiger partial charge in [-0.1, -0.05) is 35.7 Å². The first-order valence-corrected chi connectivity index (χ1v) is 7.89. The summed E-state index contributed by atoms with van der Waals surface area (Å²) in [6, 6.07) is 5.17. The highest BCUT2D eigenvalue weighted by atomic mass is 79.9. The van der Waals surface area contributed by atoms with E-state index in [2.05, 4.69) is 54.2 Å². The second kappa shape index (κ2) is 6.10. The molecule has 0 bridgehead atoms. The van der Waals surface area contributed by atoms with E-state index < -0.39 is 0 Å². The molecule has 0 amide bonds. The van der Waals surface area contributed by atoms with Gasteiger partial charge >= 0.3 is 0 Å². The lowest BCUT2D eigenvalue weighted by atomic mass is 10.0. The quantitative estimate of drug-likeness (QED) is 0.717. The van der Waals surface area contributed by atoms with Crippen molar-refractivity contribution >= 4 is 21.6 Å². The summed E-state index contributed by atoms with van der Waals surface area (Å²) in [6.45, 7) is 6.71. The van der Waals surface area contributed by atoms with Crippen LogP contribution in [0.5, 0.6) is 0 Å². The summed E-state index contributed by atoms with van der Waals surface area (Å²) in [5, 5.41) is 3.73. The molecule has 2 unspecified atom stereocenters. The predicted octanol–water partition coefficient (Wildman–Crippen LogP) is 5.45. The SMILES string of the molecule is Cc1cc(NC2CCCC(C)CC2)cc(C)c1Br. The van der Waals surface area contributed by atoms with Crippen LogP contribution in [0.25, 0.3) is 0 Å². The van der Waals surface area contributed by atoms with Crippen molar-refractivity contribution in [2.24, 2.45) is 5.92 Å². The lowest BCUT2D eigenvalue weighted by Crippen LogP contribution is -2.18. The number of anilines is 1. The number of rotatable bonds is 2. The molecule has 0 aromatic heterocycles. The molecule has 100 valence electrons. The zero-order valence-electron chi connectivity index (χ0n) is 11.7. The van der Waals surface area contributed by atoms with Crippen LogP contribution in [-0.4, -0.2) is 6.04 Å². The molecule has 1 N–H and O–H groups in total. The standard InChI is InChI=1S/C16H24BrN/c1-11-5-4-6-14(8-7-11)18-15-9-12(2)16(17)13(3)10-15/h9-11,14,18H,4-8H2,1-3H3. The fourth-order valence-electron chi connectivity index (χ4n) is 2.90. The van der Waals surface area contributed by atoms with Crippen LogP contribution in [0.15, 0.2) is 16.6 Å². The summed E-state index contributed by atoms with van der Waals surface area (Å²) >= 11 is 3.63. The molecule has 18 heavy (non-hydrogen) atoms. The summed E-state index contributed by atoms with van der Waals surface area (Å²) in [7, 11) is 0. The molecule has 1 aromatic rings. The topological polar surface area (TPSA) is 12.0 Å². The third-order valence-electron chi connectivity index (χ3n) is 4.06. The zero-order valence-corrected chi connectivity index (χ0v) is 13.3. The van der Waals surface area contributed by atoms with Crippen molar-refractivity contribution in [1.82, 2.24) is 0 Å². The largest absolute Gasteiger partial charge is 0.382 e. The van der Waals surface area contributed by atoms with Gasteiger partial charge < -0.3 is 5.32 Å². The fraction of sp³-hybridized carbons (Fsp3) is 0.625. The first-order chi connectivity index (χ1) is 8.56. The van der Waals surface area contributed by atoms with Crippen molar-refractivity contribution in [1.29, 1.82) is 0 Å². The average molecular weight is 310 g/mol. The minimum Gasteiger partial charge on any atom is -0.382 e. The molecule has 1 fully saturated rings. The van der Waals surface area contributed by atoms with Gasteiger partial charge in [0.2, 0.25) is 0 Å². The van der Waals surface area contributed by atoms with Crippen LogP contribution in [-0.2, 0) is 0 Å². The van der Waals surface area contributed by atoms with E-state index in [0.717, 1.165) is 5.92 Å². The molecule has 0 aliphatic heterocycles. The van der Waals surface area contributed by atoms with Gasteiger partial charge in [-0.05, 0) is 62.3 Å². The number of benzene rings is 1. The van der Waals surface area contributed by atoms with Crippen LogP contribution in [0, 0.1) is 19.8 Å². The summed E-state index contributed by atoms with van der Waals surface area (Å²) in [4.78, 5) is 0. The minimum atomic E-state index is 0.662. The highest BCUT2D eigenvalue weighted by Gasteiger charge is 2.16. The minimum absolute atomic E-state index is 0.662. The van der Waals surface area contributed by atoms with Gasteiger partial charge in [-0.2, -0.15) is 0 Å². The van der Waals surface area contributed by atoms with Crippen molar-refractivity contribution in [3.63, 3.8) is 0 Å². The molecule has 0 radical (unpaired) electrons. The molecule has 1 aliphatic rings. The Morgan fingerprint density at radius 1 is 1.06 bits per heavy atom. The second-order valence-corrected chi connectivity index (χ2v) is 6.67. The van der Waals surface area contributed by atoms with E-state index in [1.165, 1.54) is 53.4 Å². The Morgan fingerprint density at radius 2 is 1.72 bits per heavy atom. The molecule has 0 spiro atoms. The van der Waals surface area contributed by atoms with E-state index in [9.17, 15) is 0 Å². The molecule has 1 saturated carbocycles. The smallest absolute Gasteiger partial charge is 0.0348 e. The molecule has 2 rings (SSSR count). The van der Waals surface area contributed by atoms with E-state index in [4.69, 9.17) is 0 Å². The maximum atomic E-state index is 3.73. The Hall–Kier alpha value is -0.500. The first-order valence-electron chi connectivity index (χ1n) is 7.09. The van der Waals surface area contributed by atoms with Crippen LogP contribution in [0.1, 0.15) is 50.2 Å². The first kappa shape index (κ1) is 13.9. The van der Waals surface area contributed by atoms with Crippen molar-refractivity contribution < 1.29 is 0 Å².